The van der Waals surface area contributed by atoms with Crippen LogP contribution in [0.3, 0.4) is 0 Å². The molecule has 0 radical (unpaired) electrons. The number of carbonyl (C=O) groups excluding carboxylic acids is 1. The summed E-state index contributed by atoms with van der Waals surface area (Å²) >= 11 is 0. The van der Waals surface area contributed by atoms with Gasteiger partial charge in [0.25, 0.3) is 0 Å². The van der Waals surface area contributed by atoms with Crippen molar-refractivity contribution in [3.8, 4) is 35.4 Å². The molecule has 4 fully saturated rings. The number of anilines is 1. The van der Waals surface area contributed by atoms with Crippen LogP contribution in [0.25, 0.3) is 32.9 Å². The molecule has 1 amide bonds. The summed E-state index contributed by atoms with van der Waals surface area (Å²) < 4.78 is 49.0. The molecule has 2 aromatic carbocycles. The number of amides is 1. The molecule has 0 bridgehead atoms. The number of likely N-dealkylation sites (tertiary alicyclic amines) is 2. The van der Waals surface area contributed by atoms with Gasteiger partial charge in [0.05, 0.1) is 31.3 Å². The minimum Gasteiger partial charge on any atom is -0.508 e. The highest BCUT2D eigenvalue weighted by molar-refractivity contribution is 6.03. The molecule has 52 heavy (non-hydrogen) atoms. The van der Waals surface area contributed by atoms with Crippen LogP contribution >= 0.6 is 0 Å². The molecule has 5 heterocycles. The van der Waals surface area contributed by atoms with Gasteiger partial charge in [0.15, 0.2) is 5.82 Å². The number of phenolic OH excluding ortho intramolecular Hbond substituents is 1. The third-order valence-corrected chi connectivity index (χ3v) is 11.4. The topological polar surface area (TPSA) is 113 Å². The standard InChI is InChI=1S/C39H42F2N6O5/c1-3-27-30(40)9-8-25-17-26(48)18-28(32(25)27)34-33(41)35-29(19-42-34)36(45-13-6-15-51-16-14-45)44-37(43-35)52-23-39-10-4-7-31(39)46(12-5-11-39)20-24-21-47(22-24)38(49)50-2/h1,8-9,17-19,24,31,48H,4-7,10-16,20-23H2,2H3. The van der Waals surface area contributed by atoms with E-state index >= 15 is 4.39 Å². The molecule has 1 N–H and O–H groups in total. The van der Waals surface area contributed by atoms with Crippen LogP contribution in [-0.2, 0) is 9.47 Å². The Labute approximate surface area is 300 Å². The maximum absolute atomic E-state index is 17.0. The van der Waals surface area contributed by atoms with Gasteiger partial charge in [-0.1, -0.05) is 18.4 Å². The Bertz CT molecular complexity index is 2060. The number of piperidine rings is 1. The van der Waals surface area contributed by atoms with E-state index in [2.05, 4.69) is 25.7 Å². The molecule has 272 valence electrons. The Hall–Kier alpha value is -4.80. The number of halogens is 2. The first kappa shape index (κ1) is 34.3. The summed E-state index contributed by atoms with van der Waals surface area (Å²) in [6.07, 6.45) is 12.9. The normalized spacial score (nSPS) is 22.5. The average Bonchev–Trinajstić information content (AvgIpc) is 3.38. The monoisotopic (exact) mass is 712 g/mol. The molecule has 13 heteroatoms. The van der Waals surface area contributed by atoms with Gasteiger partial charge in [-0.25, -0.2) is 13.6 Å². The lowest BCUT2D eigenvalue weighted by molar-refractivity contribution is -0.0242. The molecular formula is C39H42F2N6O5. The number of hydrogen-bond donors (Lipinski definition) is 1. The zero-order chi connectivity index (χ0) is 36.0. The van der Waals surface area contributed by atoms with Crippen LogP contribution in [0.15, 0.2) is 30.5 Å². The SMILES string of the molecule is C#Cc1c(F)ccc2cc(O)cc(-c3ncc4c(N5CCCOCC5)nc(OCC56CCCC5N(CC5CN(C(=O)OC)C5)CCC6)nc4c3F)c12. The zero-order valence-corrected chi connectivity index (χ0v) is 29.2. The molecule has 0 spiro atoms. The van der Waals surface area contributed by atoms with Gasteiger partial charge in [0.2, 0.25) is 0 Å². The lowest BCUT2D eigenvalue weighted by Gasteiger charge is -2.49. The first-order chi connectivity index (χ1) is 25.3. The fourth-order valence-corrected chi connectivity index (χ4v) is 8.96. The highest BCUT2D eigenvalue weighted by Crippen LogP contribution is 2.48. The van der Waals surface area contributed by atoms with Crippen molar-refractivity contribution in [3.63, 3.8) is 0 Å². The number of carbonyl (C=O) groups is 1. The van der Waals surface area contributed by atoms with Crippen molar-refractivity contribution in [2.45, 2.75) is 44.6 Å². The number of rotatable bonds is 7. The summed E-state index contributed by atoms with van der Waals surface area (Å²) in [6, 6.07) is 5.92. The van der Waals surface area contributed by atoms with Gasteiger partial charge in [-0.15, -0.1) is 6.42 Å². The lowest BCUT2D eigenvalue weighted by atomic mass is 9.75. The maximum Gasteiger partial charge on any atom is 0.409 e. The van der Waals surface area contributed by atoms with E-state index in [4.69, 9.17) is 25.6 Å². The second-order valence-electron chi connectivity index (χ2n) is 14.5. The number of benzene rings is 2. The van der Waals surface area contributed by atoms with Gasteiger partial charge in [-0.05, 0) is 62.2 Å². The summed E-state index contributed by atoms with van der Waals surface area (Å²) in [5.74, 6) is 1.78. The summed E-state index contributed by atoms with van der Waals surface area (Å²) in [5.41, 5.74) is -0.0999. The van der Waals surface area contributed by atoms with Crippen molar-refractivity contribution in [2.24, 2.45) is 11.3 Å². The number of hydrogen-bond acceptors (Lipinski definition) is 10. The van der Waals surface area contributed by atoms with E-state index in [-0.39, 0.29) is 51.0 Å². The van der Waals surface area contributed by atoms with Crippen molar-refractivity contribution in [1.29, 1.82) is 0 Å². The number of ether oxygens (including phenoxy) is 3. The number of nitrogens with zero attached hydrogens (tertiary/aromatic N) is 6. The van der Waals surface area contributed by atoms with Crippen molar-refractivity contribution >= 4 is 33.6 Å². The van der Waals surface area contributed by atoms with Crippen molar-refractivity contribution in [2.75, 3.05) is 71.1 Å². The zero-order valence-electron chi connectivity index (χ0n) is 29.2. The van der Waals surface area contributed by atoms with Gasteiger partial charge >= 0.3 is 12.1 Å². The molecule has 1 saturated carbocycles. The largest absolute Gasteiger partial charge is 0.508 e. The third kappa shape index (κ3) is 6.11. The number of fused-ring (bicyclic) bond motifs is 3. The molecule has 1 aliphatic carbocycles. The van der Waals surface area contributed by atoms with Crippen LogP contribution in [0, 0.1) is 35.3 Å². The first-order valence-corrected chi connectivity index (χ1v) is 18.1. The maximum atomic E-state index is 17.0. The molecule has 2 atom stereocenters. The Morgan fingerprint density at radius 2 is 1.96 bits per heavy atom. The number of methoxy groups -OCH3 is 1. The smallest absolute Gasteiger partial charge is 0.409 e. The molecule has 11 nitrogen and oxygen atoms in total. The van der Waals surface area contributed by atoms with Crippen molar-refractivity contribution in [3.05, 3.63) is 47.7 Å². The van der Waals surface area contributed by atoms with E-state index in [1.807, 2.05) is 0 Å². The molecule has 4 aliphatic rings. The predicted molar refractivity (Wildman–Crippen MR) is 191 cm³/mol. The summed E-state index contributed by atoms with van der Waals surface area (Å²) in [6.45, 7) is 6.02. The molecular weight excluding hydrogens is 670 g/mol. The van der Waals surface area contributed by atoms with Gasteiger partial charge in [0, 0.05) is 73.9 Å². The van der Waals surface area contributed by atoms with Crippen LogP contribution in [0.1, 0.15) is 44.1 Å². The highest BCUT2D eigenvalue weighted by Gasteiger charge is 2.49. The summed E-state index contributed by atoms with van der Waals surface area (Å²) in [7, 11) is 1.41. The number of aromatic hydroxyl groups is 1. The fourth-order valence-electron chi connectivity index (χ4n) is 8.96. The molecule has 3 aliphatic heterocycles. The summed E-state index contributed by atoms with van der Waals surface area (Å²) in [5, 5.41) is 11.7. The molecule has 2 aromatic heterocycles. The molecule has 2 unspecified atom stereocenters. The fraction of sp³-hybridized carbons (Fsp3) is 0.487. The third-order valence-electron chi connectivity index (χ3n) is 11.4. The Morgan fingerprint density at radius 1 is 1.12 bits per heavy atom. The first-order valence-electron chi connectivity index (χ1n) is 18.1. The van der Waals surface area contributed by atoms with Crippen LogP contribution < -0.4 is 9.64 Å². The second-order valence-corrected chi connectivity index (χ2v) is 14.5. The minimum absolute atomic E-state index is 0.0104. The quantitative estimate of drug-likeness (QED) is 0.238. The van der Waals surface area contributed by atoms with E-state index in [0.29, 0.717) is 74.5 Å². The van der Waals surface area contributed by atoms with Gasteiger partial charge in [0.1, 0.15) is 28.6 Å². The number of terminal acetylenes is 1. The average molecular weight is 713 g/mol. The second kappa shape index (κ2) is 14.0. The van der Waals surface area contributed by atoms with Crippen LogP contribution in [0.5, 0.6) is 11.8 Å². The van der Waals surface area contributed by atoms with Gasteiger partial charge in [-0.2, -0.15) is 9.97 Å². The minimum atomic E-state index is -0.751. The van der Waals surface area contributed by atoms with Crippen molar-refractivity contribution < 1.29 is 32.9 Å². The van der Waals surface area contributed by atoms with Crippen LogP contribution in [0.4, 0.5) is 19.4 Å². The van der Waals surface area contributed by atoms with Crippen LogP contribution in [0.2, 0.25) is 0 Å². The van der Waals surface area contributed by atoms with E-state index in [0.717, 1.165) is 51.6 Å². The molecule has 3 saturated heterocycles. The molecule has 4 aromatic rings. The number of aromatic nitrogens is 3. The Morgan fingerprint density at radius 3 is 2.79 bits per heavy atom. The van der Waals surface area contributed by atoms with Crippen LogP contribution in [-0.4, -0.2) is 108 Å². The highest BCUT2D eigenvalue weighted by atomic mass is 19.1. The van der Waals surface area contributed by atoms with E-state index in [1.54, 1.807) is 4.90 Å². The number of pyridine rings is 1. The Kier molecular flexibility index (Phi) is 9.21. The van der Waals surface area contributed by atoms with E-state index < -0.39 is 11.6 Å². The Balaban J connectivity index is 1.15. The van der Waals surface area contributed by atoms with Crippen molar-refractivity contribution in [1.82, 2.24) is 24.8 Å². The lowest BCUT2D eigenvalue weighted by Crippen LogP contribution is -2.58. The van der Waals surface area contributed by atoms with Gasteiger partial charge < -0.3 is 29.1 Å². The molecule has 8 rings (SSSR count). The van der Waals surface area contributed by atoms with E-state index in [9.17, 15) is 14.3 Å². The predicted octanol–water partition coefficient (Wildman–Crippen LogP) is 5.75. The number of phenols is 1. The van der Waals surface area contributed by atoms with E-state index in [1.165, 1.54) is 37.6 Å². The van der Waals surface area contributed by atoms with Gasteiger partial charge in [-0.3, -0.25) is 9.88 Å². The summed E-state index contributed by atoms with van der Waals surface area (Å²) in [4.78, 5) is 32.4.